The van der Waals surface area contributed by atoms with Gasteiger partial charge in [0.2, 0.25) is 5.91 Å². The predicted molar refractivity (Wildman–Crippen MR) is 144 cm³/mol. The lowest BCUT2D eigenvalue weighted by molar-refractivity contribution is 0.100. The number of methoxy groups -OCH3 is 1. The van der Waals surface area contributed by atoms with Gasteiger partial charge >= 0.3 is 0 Å². The van der Waals surface area contributed by atoms with Gasteiger partial charge < -0.3 is 15.4 Å². The van der Waals surface area contributed by atoms with E-state index < -0.39 is 11.7 Å². The number of nitrogens with zero attached hydrogens (tertiary/aromatic N) is 5. The molecule has 2 fully saturated rings. The van der Waals surface area contributed by atoms with Crippen LogP contribution in [0.4, 0.5) is 10.2 Å². The number of hydrogen-bond acceptors (Lipinski definition) is 6. The molecule has 0 spiro atoms. The van der Waals surface area contributed by atoms with Crippen molar-refractivity contribution in [2.24, 2.45) is 5.73 Å². The Hall–Kier alpha value is -4.24. The molecule has 8 nitrogen and oxygen atoms in total. The van der Waals surface area contributed by atoms with Gasteiger partial charge in [-0.05, 0) is 61.9 Å². The molecular formula is C29H29FN6O2. The fraction of sp³-hybridized carbons (Fsp3) is 0.276. The van der Waals surface area contributed by atoms with Crippen molar-refractivity contribution in [1.29, 1.82) is 0 Å². The summed E-state index contributed by atoms with van der Waals surface area (Å²) in [5, 5.41) is 4.55. The summed E-state index contributed by atoms with van der Waals surface area (Å²) in [5.41, 5.74) is 7.95. The number of aromatic nitrogens is 3. The standard InChI is InChI=1S/C29H29FN6O2/c1-34-20-10-11-21(34)17-35(16-20)26-7-4-8-27(33-26)36-15-19(14-32-36)18-9-12-22(29(31)37)23(13-18)28-24(30)5-3-6-25(28)38-2/h3-9,12-15,20-21H,10-11,16-17H2,1-2H3,(H2,31,37). The number of anilines is 1. The zero-order chi connectivity index (χ0) is 26.4. The zero-order valence-electron chi connectivity index (χ0n) is 21.3. The summed E-state index contributed by atoms with van der Waals surface area (Å²) in [5.74, 6) is 0.830. The maximum absolute atomic E-state index is 14.9. The fourth-order valence-electron chi connectivity index (χ4n) is 5.70. The Morgan fingerprint density at radius 3 is 2.50 bits per heavy atom. The third-order valence-corrected chi connectivity index (χ3v) is 7.79. The van der Waals surface area contributed by atoms with E-state index >= 15 is 0 Å². The molecule has 2 bridgehead atoms. The number of primary amides is 1. The van der Waals surface area contributed by atoms with Crippen molar-refractivity contribution in [2.45, 2.75) is 24.9 Å². The highest BCUT2D eigenvalue weighted by Crippen LogP contribution is 2.37. The molecule has 2 aliphatic rings. The Kier molecular flexibility index (Phi) is 6.07. The molecule has 4 aromatic rings. The minimum absolute atomic E-state index is 0.188. The van der Waals surface area contributed by atoms with Crippen LogP contribution < -0.4 is 15.4 Å². The van der Waals surface area contributed by atoms with Crippen LogP contribution in [-0.4, -0.2) is 64.9 Å². The minimum Gasteiger partial charge on any atom is -0.496 e. The van der Waals surface area contributed by atoms with Crippen LogP contribution in [0.1, 0.15) is 23.2 Å². The summed E-state index contributed by atoms with van der Waals surface area (Å²) >= 11 is 0. The Balaban J connectivity index is 1.34. The second kappa shape index (κ2) is 9.57. The van der Waals surface area contributed by atoms with Gasteiger partial charge in [0, 0.05) is 48.1 Å². The van der Waals surface area contributed by atoms with Gasteiger partial charge in [-0.2, -0.15) is 5.10 Å². The highest BCUT2D eigenvalue weighted by molar-refractivity contribution is 6.01. The molecule has 4 heterocycles. The molecular weight excluding hydrogens is 483 g/mol. The van der Waals surface area contributed by atoms with E-state index in [9.17, 15) is 9.18 Å². The summed E-state index contributed by atoms with van der Waals surface area (Å²) in [7, 11) is 3.68. The molecule has 0 saturated carbocycles. The molecule has 2 N–H and O–H groups in total. The average molecular weight is 513 g/mol. The molecule has 0 aliphatic carbocycles. The zero-order valence-corrected chi connectivity index (χ0v) is 21.3. The minimum atomic E-state index is -0.647. The van der Waals surface area contributed by atoms with E-state index in [-0.39, 0.29) is 11.1 Å². The van der Waals surface area contributed by atoms with Crippen molar-refractivity contribution in [2.75, 3.05) is 32.1 Å². The number of pyridine rings is 1. The first-order chi connectivity index (χ1) is 18.4. The van der Waals surface area contributed by atoms with Crippen molar-refractivity contribution >= 4 is 11.7 Å². The van der Waals surface area contributed by atoms with Crippen LogP contribution >= 0.6 is 0 Å². The number of halogens is 1. The van der Waals surface area contributed by atoms with Gasteiger partial charge in [-0.1, -0.05) is 18.2 Å². The van der Waals surface area contributed by atoms with Gasteiger partial charge in [0.05, 0.1) is 18.9 Å². The lowest BCUT2D eigenvalue weighted by atomic mass is 9.94. The van der Waals surface area contributed by atoms with Crippen molar-refractivity contribution in [3.05, 3.63) is 78.4 Å². The number of carbonyl (C=O) groups is 1. The largest absolute Gasteiger partial charge is 0.496 e. The Bertz CT molecular complexity index is 1500. The molecule has 9 heteroatoms. The monoisotopic (exact) mass is 512 g/mol. The van der Waals surface area contributed by atoms with Crippen LogP contribution in [0.25, 0.3) is 28.1 Å². The first kappa shape index (κ1) is 24.1. The molecule has 0 radical (unpaired) electrons. The summed E-state index contributed by atoms with van der Waals surface area (Å²) in [4.78, 5) is 22.0. The van der Waals surface area contributed by atoms with Gasteiger partial charge in [-0.15, -0.1) is 0 Å². The van der Waals surface area contributed by atoms with E-state index in [1.807, 2.05) is 18.3 Å². The number of carbonyl (C=O) groups excluding carboxylic acids is 1. The van der Waals surface area contributed by atoms with Gasteiger partial charge in [0.1, 0.15) is 17.4 Å². The number of nitrogens with two attached hydrogens (primary N) is 1. The van der Waals surface area contributed by atoms with Crippen LogP contribution in [0, 0.1) is 5.82 Å². The predicted octanol–water partition coefficient (Wildman–Crippen LogP) is 4.13. The van der Waals surface area contributed by atoms with Crippen molar-refractivity contribution < 1.29 is 13.9 Å². The molecule has 38 heavy (non-hydrogen) atoms. The maximum atomic E-state index is 14.9. The third kappa shape index (κ3) is 4.18. The van der Waals surface area contributed by atoms with E-state index in [4.69, 9.17) is 15.5 Å². The number of piperazine rings is 1. The lowest BCUT2D eigenvalue weighted by Gasteiger charge is -2.39. The molecule has 6 rings (SSSR count). The second-order valence-corrected chi connectivity index (χ2v) is 9.92. The molecule has 2 unspecified atom stereocenters. The molecule has 1 amide bonds. The van der Waals surface area contributed by atoms with Gasteiger partial charge in [0.25, 0.3) is 0 Å². The normalized spacial score (nSPS) is 19.1. The third-order valence-electron chi connectivity index (χ3n) is 7.79. The van der Waals surface area contributed by atoms with Crippen molar-refractivity contribution in [3.63, 3.8) is 0 Å². The summed E-state index contributed by atoms with van der Waals surface area (Å²) < 4.78 is 22.0. The first-order valence-corrected chi connectivity index (χ1v) is 12.7. The Morgan fingerprint density at radius 1 is 1.03 bits per heavy atom. The molecule has 194 valence electrons. The van der Waals surface area contributed by atoms with E-state index in [1.54, 1.807) is 41.2 Å². The number of hydrogen-bond donors (Lipinski definition) is 1. The van der Waals surface area contributed by atoms with Crippen molar-refractivity contribution in [3.8, 4) is 33.8 Å². The highest BCUT2D eigenvalue weighted by atomic mass is 19.1. The van der Waals surface area contributed by atoms with Crippen LogP contribution in [0.2, 0.25) is 0 Å². The molecule has 2 aromatic carbocycles. The number of likely N-dealkylation sites (N-methyl/N-ethyl adjacent to an activating group) is 1. The van der Waals surface area contributed by atoms with Gasteiger partial charge in [-0.3, -0.25) is 9.69 Å². The van der Waals surface area contributed by atoms with Crippen LogP contribution in [0.5, 0.6) is 5.75 Å². The summed E-state index contributed by atoms with van der Waals surface area (Å²) in [6.45, 7) is 1.95. The molecule has 2 aliphatic heterocycles. The number of amides is 1. The van der Waals surface area contributed by atoms with Gasteiger partial charge in [-0.25, -0.2) is 14.1 Å². The smallest absolute Gasteiger partial charge is 0.249 e. The average Bonchev–Trinajstić information content (AvgIpc) is 3.48. The second-order valence-electron chi connectivity index (χ2n) is 9.92. The highest BCUT2D eigenvalue weighted by Gasteiger charge is 2.37. The Labute approximate surface area is 220 Å². The summed E-state index contributed by atoms with van der Waals surface area (Å²) in [6, 6.07) is 16.8. The maximum Gasteiger partial charge on any atom is 0.249 e. The number of rotatable bonds is 6. The molecule has 2 aromatic heterocycles. The number of benzene rings is 2. The molecule has 2 saturated heterocycles. The van der Waals surface area contributed by atoms with Crippen LogP contribution in [-0.2, 0) is 0 Å². The van der Waals surface area contributed by atoms with E-state index in [0.717, 1.165) is 30.0 Å². The molecule has 2 atom stereocenters. The van der Waals surface area contributed by atoms with E-state index in [0.29, 0.717) is 29.2 Å². The lowest BCUT2D eigenvalue weighted by Crippen LogP contribution is -2.52. The number of ether oxygens (including phenoxy) is 1. The van der Waals surface area contributed by atoms with E-state index in [2.05, 4.69) is 28.0 Å². The summed E-state index contributed by atoms with van der Waals surface area (Å²) in [6.07, 6.45) is 6.07. The SMILES string of the molecule is COc1cccc(F)c1-c1cc(-c2cnn(-c3cccc(N4CC5CCC(C4)N5C)n3)c2)ccc1C(N)=O. The quantitative estimate of drug-likeness (QED) is 0.418. The van der Waals surface area contributed by atoms with Crippen molar-refractivity contribution in [1.82, 2.24) is 19.7 Å². The topological polar surface area (TPSA) is 89.5 Å². The van der Waals surface area contributed by atoms with Gasteiger partial charge in [0.15, 0.2) is 5.82 Å². The van der Waals surface area contributed by atoms with E-state index in [1.165, 1.54) is 26.0 Å². The van der Waals surface area contributed by atoms with Crippen LogP contribution in [0.15, 0.2) is 67.0 Å². The fourth-order valence-corrected chi connectivity index (χ4v) is 5.70. The van der Waals surface area contributed by atoms with Crippen LogP contribution in [0.3, 0.4) is 0 Å². The Morgan fingerprint density at radius 2 is 1.76 bits per heavy atom. The first-order valence-electron chi connectivity index (χ1n) is 12.7. The number of fused-ring (bicyclic) bond motifs is 2.